The van der Waals surface area contributed by atoms with Crippen LogP contribution in [0.2, 0.25) is 0 Å². The summed E-state index contributed by atoms with van der Waals surface area (Å²) in [4.78, 5) is 30.8. The molecule has 204 valence electrons. The Morgan fingerprint density at radius 1 is 0.872 bits per heavy atom. The largest absolute Gasteiger partial charge is 0.507 e. The Labute approximate surface area is 230 Å². The Balaban J connectivity index is 1.91. The molecule has 0 aromatic heterocycles. The topological polar surface area (TPSA) is 79.3 Å². The van der Waals surface area contributed by atoms with Crippen LogP contribution >= 0.6 is 0 Å². The number of nitrogens with zero attached hydrogens (tertiary/aromatic N) is 2. The number of hydrogen-bond acceptors (Lipinski definition) is 6. The van der Waals surface area contributed by atoms with Gasteiger partial charge in [0, 0.05) is 30.5 Å². The molecule has 1 atom stereocenters. The minimum atomic E-state index is -0.820. The fourth-order valence-corrected chi connectivity index (χ4v) is 4.95. The molecule has 1 fully saturated rings. The van der Waals surface area contributed by atoms with Gasteiger partial charge in [-0.05, 0) is 76.6 Å². The van der Waals surface area contributed by atoms with Crippen molar-refractivity contribution in [2.75, 3.05) is 36.1 Å². The number of hydrogen-bond donors (Lipinski definition) is 1. The first-order chi connectivity index (χ1) is 18.8. The van der Waals surface area contributed by atoms with Crippen LogP contribution in [0.1, 0.15) is 50.4 Å². The fourth-order valence-electron chi connectivity index (χ4n) is 4.95. The quantitative estimate of drug-likeness (QED) is 0.190. The number of anilines is 2. The van der Waals surface area contributed by atoms with Crippen molar-refractivity contribution < 1.29 is 24.2 Å². The minimum absolute atomic E-state index is 0.0151. The van der Waals surface area contributed by atoms with Crippen molar-refractivity contribution in [2.24, 2.45) is 0 Å². The van der Waals surface area contributed by atoms with Gasteiger partial charge >= 0.3 is 0 Å². The van der Waals surface area contributed by atoms with E-state index in [1.165, 1.54) is 4.90 Å². The molecular weight excluding hydrogens is 492 g/mol. The molecule has 1 unspecified atom stereocenters. The molecule has 3 aromatic carbocycles. The van der Waals surface area contributed by atoms with Gasteiger partial charge in [-0.1, -0.05) is 29.8 Å². The van der Waals surface area contributed by atoms with E-state index >= 15 is 0 Å². The predicted octanol–water partition coefficient (Wildman–Crippen LogP) is 6.26. The zero-order chi connectivity index (χ0) is 28.1. The summed E-state index contributed by atoms with van der Waals surface area (Å²) in [6, 6.07) is 19.5. The highest BCUT2D eigenvalue weighted by Gasteiger charge is 2.47. The highest BCUT2D eigenvalue weighted by atomic mass is 16.5. The Hall–Kier alpha value is -4.26. The molecule has 0 spiro atoms. The summed E-state index contributed by atoms with van der Waals surface area (Å²) >= 11 is 0. The summed E-state index contributed by atoms with van der Waals surface area (Å²) in [5.74, 6) is -0.768. The van der Waals surface area contributed by atoms with Crippen molar-refractivity contribution >= 4 is 28.8 Å². The van der Waals surface area contributed by atoms with E-state index in [4.69, 9.17) is 9.47 Å². The van der Waals surface area contributed by atoms with Gasteiger partial charge in [0.2, 0.25) is 0 Å². The second-order valence-corrected chi connectivity index (χ2v) is 9.29. The van der Waals surface area contributed by atoms with Gasteiger partial charge in [-0.25, -0.2) is 0 Å². The number of amides is 1. The van der Waals surface area contributed by atoms with Crippen LogP contribution in [0.4, 0.5) is 11.4 Å². The zero-order valence-electron chi connectivity index (χ0n) is 23.2. The van der Waals surface area contributed by atoms with E-state index in [9.17, 15) is 14.7 Å². The number of ether oxygens (including phenoxy) is 2. The fraction of sp³-hybridized carbons (Fsp3) is 0.312. The molecule has 4 rings (SSSR count). The van der Waals surface area contributed by atoms with E-state index in [-0.39, 0.29) is 11.3 Å². The van der Waals surface area contributed by atoms with Gasteiger partial charge < -0.3 is 19.5 Å². The third-order valence-corrected chi connectivity index (χ3v) is 6.91. The molecule has 39 heavy (non-hydrogen) atoms. The van der Waals surface area contributed by atoms with Crippen molar-refractivity contribution in [3.8, 4) is 11.5 Å². The van der Waals surface area contributed by atoms with E-state index in [0.29, 0.717) is 36.0 Å². The summed E-state index contributed by atoms with van der Waals surface area (Å²) in [6.45, 7) is 12.4. The molecule has 3 aromatic rings. The lowest BCUT2D eigenvalue weighted by Gasteiger charge is -2.27. The Morgan fingerprint density at radius 3 is 2.10 bits per heavy atom. The van der Waals surface area contributed by atoms with Crippen LogP contribution in [0.5, 0.6) is 11.5 Å². The SMILES string of the molecule is CCOc1ccc(/C(O)=C2/C(=O)C(=O)N(c3ccc(C)cc3)C2c2ccc(N(CC)CC)cc2)c(OCC)c1. The van der Waals surface area contributed by atoms with Gasteiger partial charge in [0.1, 0.15) is 17.3 Å². The van der Waals surface area contributed by atoms with Crippen molar-refractivity contribution in [1.29, 1.82) is 0 Å². The average Bonchev–Trinajstić information content (AvgIpc) is 3.20. The Bertz CT molecular complexity index is 1360. The molecule has 7 heteroatoms. The highest BCUT2D eigenvalue weighted by molar-refractivity contribution is 6.51. The number of benzene rings is 3. The third-order valence-electron chi connectivity index (χ3n) is 6.91. The molecule has 1 aliphatic heterocycles. The van der Waals surface area contributed by atoms with Crippen molar-refractivity contribution in [3.05, 3.63) is 89.0 Å². The van der Waals surface area contributed by atoms with Crippen LogP contribution in [0.15, 0.2) is 72.3 Å². The van der Waals surface area contributed by atoms with E-state index in [1.807, 2.05) is 69.3 Å². The molecule has 1 aliphatic rings. The van der Waals surface area contributed by atoms with E-state index in [1.54, 1.807) is 18.2 Å². The summed E-state index contributed by atoms with van der Waals surface area (Å²) in [5, 5.41) is 11.6. The molecule has 0 radical (unpaired) electrons. The molecule has 1 N–H and O–H groups in total. The lowest BCUT2D eigenvalue weighted by atomic mass is 9.94. The second-order valence-electron chi connectivity index (χ2n) is 9.29. The molecule has 0 saturated carbocycles. The number of rotatable bonds is 10. The molecule has 0 bridgehead atoms. The van der Waals surface area contributed by atoms with Crippen LogP contribution in [0.25, 0.3) is 5.76 Å². The van der Waals surface area contributed by atoms with Crippen LogP contribution in [-0.2, 0) is 9.59 Å². The molecule has 7 nitrogen and oxygen atoms in total. The first-order valence-electron chi connectivity index (χ1n) is 13.5. The third kappa shape index (κ3) is 5.48. The van der Waals surface area contributed by atoms with Crippen molar-refractivity contribution in [3.63, 3.8) is 0 Å². The number of ketones is 1. The number of Topliss-reactive ketones (excluding diaryl/α,β-unsaturated/α-hetero) is 1. The summed E-state index contributed by atoms with van der Waals surface area (Å²) in [6.07, 6.45) is 0. The molecule has 1 heterocycles. The smallest absolute Gasteiger partial charge is 0.300 e. The van der Waals surface area contributed by atoms with E-state index in [2.05, 4.69) is 18.7 Å². The zero-order valence-corrected chi connectivity index (χ0v) is 23.2. The van der Waals surface area contributed by atoms with Crippen molar-refractivity contribution in [1.82, 2.24) is 0 Å². The summed E-state index contributed by atoms with van der Waals surface area (Å²) < 4.78 is 11.4. The first-order valence-corrected chi connectivity index (χ1v) is 13.5. The Morgan fingerprint density at radius 2 is 1.51 bits per heavy atom. The van der Waals surface area contributed by atoms with E-state index < -0.39 is 17.7 Å². The first kappa shape index (κ1) is 27.8. The number of aliphatic hydroxyl groups excluding tert-OH is 1. The lowest BCUT2D eigenvalue weighted by molar-refractivity contribution is -0.132. The maximum absolute atomic E-state index is 13.6. The van der Waals surface area contributed by atoms with Crippen LogP contribution in [0.3, 0.4) is 0 Å². The molecular formula is C32H36N2O5. The van der Waals surface area contributed by atoms with Gasteiger partial charge in [-0.2, -0.15) is 0 Å². The second kappa shape index (κ2) is 12.1. The van der Waals surface area contributed by atoms with Gasteiger partial charge in [0.15, 0.2) is 0 Å². The van der Waals surface area contributed by atoms with Gasteiger partial charge in [0.25, 0.3) is 11.7 Å². The normalized spacial score (nSPS) is 16.4. The minimum Gasteiger partial charge on any atom is -0.507 e. The number of aryl methyl sites for hydroxylation is 1. The standard InChI is InChI=1S/C32H36N2O5/c1-6-33(7-2)23-16-12-22(13-17-23)29-28(31(36)32(37)34(29)24-14-10-21(5)11-15-24)30(35)26-19-18-25(38-8-3)20-27(26)39-9-4/h10-20,29,35H,6-9H2,1-5H3/b30-28-. The summed E-state index contributed by atoms with van der Waals surface area (Å²) in [5.41, 5.74) is 3.72. The van der Waals surface area contributed by atoms with Crippen LogP contribution in [-0.4, -0.2) is 43.1 Å². The highest BCUT2D eigenvalue weighted by Crippen LogP contribution is 2.44. The number of aliphatic hydroxyl groups is 1. The predicted molar refractivity (Wildman–Crippen MR) is 155 cm³/mol. The number of carbonyl (C=O) groups is 2. The van der Waals surface area contributed by atoms with Gasteiger partial charge in [0.05, 0.1) is 30.4 Å². The summed E-state index contributed by atoms with van der Waals surface area (Å²) in [7, 11) is 0. The van der Waals surface area contributed by atoms with Gasteiger partial charge in [-0.3, -0.25) is 14.5 Å². The van der Waals surface area contributed by atoms with Crippen LogP contribution < -0.4 is 19.3 Å². The Kier molecular flexibility index (Phi) is 8.59. The van der Waals surface area contributed by atoms with Crippen molar-refractivity contribution in [2.45, 2.75) is 40.7 Å². The maximum Gasteiger partial charge on any atom is 0.300 e. The monoisotopic (exact) mass is 528 g/mol. The molecule has 1 amide bonds. The van der Waals surface area contributed by atoms with Crippen LogP contribution in [0, 0.1) is 6.92 Å². The van der Waals surface area contributed by atoms with E-state index in [0.717, 1.165) is 29.9 Å². The molecule has 1 saturated heterocycles. The average molecular weight is 529 g/mol. The lowest BCUT2D eigenvalue weighted by Crippen LogP contribution is -2.29. The number of carbonyl (C=O) groups excluding carboxylic acids is 2. The molecule has 0 aliphatic carbocycles. The van der Waals surface area contributed by atoms with Gasteiger partial charge in [-0.15, -0.1) is 0 Å². The maximum atomic E-state index is 13.6.